The maximum absolute atomic E-state index is 6.51. The van der Waals surface area contributed by atoms with Crippen LogP contribution in [0.2, 0.25) is 0 Å². The molecule has 18 heavy (non-hydrogen) atoms. The number of aromatic nitrogens is 2. The van der Waals surface area contributed by atoms with Gasteiger partial charge in [-0.3, -0.25) is 0 Å². The van der Waals surface area contributed by atoms with Crippen LogP contribution in [0.1, 0.15) is 33.5 Å². The summed E-state index contributed by atoms with van der Waals surface area (Å²) in [6.07, 6.45) is 9.20. The SMILES string of the molecule is C=C/C(N)=C/C=N.C=Cc1ncc[nH]1.CC.CC. The van der Waals surface area contributed by atoms with Gasteiger partial charge >= 0.3 is 0 Å². The highest BCUT2D eigenvalue weighted by Gasteiger charge is 1.78. The summed E-state index contributed by atoms with van der Waals surface area (Å²) in [5, 5.41) is 6.51. The fourth-order valence-corrected chi connectivity index (χ4v) is 0.553. The Labute approximate surface area is 111 Å². The largest absolute Gasteiger partial charge is 0.399 e. The summed E-state index contributed by atoms with van der Waals surface area (Å²) in [6.45, 7) is 14.9. The minimum atomic E-state index is 0.523. The van der Waals surface area contributed by atoms with Crippen LogP contribution in [0.3, 0.4) is 0 Å². The fraction of sp³-hybridized carbons (Fsp3) is 0.286. The molecule has 0 spiro atoms. The lowest BCUT2D eigenvalue weighted by atomic mass is 10.4. The molecule has 0 saturated carbocycles. The first-order valence-electron chi connectivity index (χ1n) is 5.95. The molecule has 0 aliphatic rings. The summed E-state index contributed by atoms with van der Waals surface area (Å²) in [5.74, 6) is 0.819. The molecule has 4 N–H and O–H groups in total. The van der Waals surface area contributed by atoms with Crippen molar-refractivity contribution < 1.29 is 0 Å². The fourth-order valence-electron chi connectivity index (χ4n) is 0.553. The van der Waals surface area contributed by atoms with E-state index in [4.69, 9.17) is 11.1 Å². The normalized spacial score (nSPS) is 8.11. The first-order chi connectivity index (χ1) is 8.74. The zero-order valence-corrected chi connectivity index (χ0v) is 11.9. The van der Waals surface area contributed by atoms with Crippen molar-refractivity contribution >= 4 is 12.3 Å². The second-order valence-electron chi connectivity index (χ2n) is 2.22. The first-order valence-corrected chi connectivity index (χ1v) is 5.95. The van der Waals surface area contributed by atoms with Crippen molar-refractivity contribution in [1.29, 1.82) is 5.41 Å². The molecule has 1 rings (SSSR count). The van der Waals surface area contributed by atoms with Gasteiger partial charge in [0.1, 0.15) is 5.82 Å². The molecule has 0 aromatic carbocycles. The predicted molar refractivity (Wildman–Crippen MR) is 82.6 cm³/mol. The highest BCUT2D eigenvalue weighted by Crippen LogP contribution is 1.86. The van der Waals surface area contributed by atoms with E-state index in [2.05, 4.69) is 23.1 Å². The number of allylic oxidation sites excluding steroid dienone is 2. The molecule has 102 valence electrons. The lowest BCUT2D eigenvalue weighted by Crippen LogP contribution is -1.90. The lowest BCUT2D eigenvalue weighted by Gasteiger charge is -1.81. The predicted octanol–water partition coefficient (Wildman–Crippen LogP) is 3.77. The van der Waals surface area contributed by atoms with Gasteiger partial charge in [-0.25, -0.2) is 4.98 Å². The van der Waals surface area contributed by atoms with Crippen molar-refractivity contribution in [3.05, 3.63) is 49.2 Å². The molecule has 0 saturated heterocycles. The standard InChI is InChI=1S/C5H6N2.C5H8N2.2C2H6/c1-2-5-6-3-4-7-5;1-2-5(7)3-4-6;2*1-2/h2-4H,1H2,(H,6,7);2-4,6H,1,7H2;2*1-2H3/b;5-3-,6-4?;;. The van der Waals surface area contributed by atoms with Crippen molar-refractivity contribution in [2.75, 3.05) is 0 Å². The molecule has 1 aromatic heterocycles. The maximum Gasteiger partial charge on any atom is 0.129 e. The number of rotatable bonds is 3. The van der Waals surface area contributed by atoms with Gasteiger partial charge in [0.2, 0.25) is 0 Å². The number of nitrogens with one attached hydrogen (secondary N) is 2. The Morgan fingerprint density at radius 3 is 2.06 bits per heavy atom. The van der Waals surface area contributed by atoms with Crippen LogP contribution >= 0.6 is 0 Å². The van der Waals surface area contributed by atoms with E-state index in [0.29, 0.717) is 5.70 Å². The third-order valence-corrected chi connectivity index (χ3v) is 1.22. The van der Waals surface area contributed by atoms with Crippen LogP contribution in [0.15, 0.2) is 43.4 Å². The van der Waals surface area contributed by atoms with Crippen LogP contribution in [0.25, 0.3) is 6.08 Å². The molecular formula is C14H26N4. The van der Waals surface area contributed by atoms with E-state index in [1.807, 2.05) is 27.7 Å². The van der Waals surface area contributed by atoms with Gasteiger partial charge in [-0.1, -0.05) is 40.9 Å². The first kappa shape index (κ1) is 21.2. The highest BCUT2D eigenvalue weighted by molar-refractivity contribution is 5.69. The van der Waals surface area contributed by atoms with Crippen molar-refractivity contribution in [3.63, 3.8) is 0 Å². The van der Waals surface area contributed by atoms with Crippen LogP contribution in [0.4, 0.5) is 0 Å². The van der Waals surface area contributed by atoms with Gasteiger partial charge in [-0.15, -0.1) is 0 Å². The second-order valence-corrected chi connectivity index (χ2v) is 2.22. The molecule has 0 bridgehead atoms. The summed E-state index contributed by atoms with van der Waals surface area (Å²) in [7, 11) is 0. The third-order valence-electron chi connectivity index (χ3n) is 1.22. The van der Waals surface area contributed by atoms with Crippen LogP contribution < -0.4 is 5.73 Å². The molecule has 0 aliphatic heterocycles. The summed E-state index contributed by atoms with van der Waals surface area (Å²) in [6, 6.07) is 0. The van der Waals surface area contributed by atoms with Crippen LogP contribution in [-0.4, -0.2) is 16.2 Å². The van der Waals surface area contributed by atoms with E-state index in [0.717, 1.165) is 12.0 Å². The number of nitrogens with zero attached hydrogens (tertiary/aromatic N) is 1. The Bertz CT molecular complexity index is 311. The molecule has 0 radical (unpaired) electrons. The number of nitrogens with two attached hydrogens (primary N) is 1. The molecular weight excluding hydrogens is 224 g/mol. The van der Waals surface area contributed by atoms with Gasteiger partial charge in [0, 0.05) is 24.3 Å². The number of H-pyrrole nitrogens is 1. The topological polar surface area (TPSA) is 78.6 Å². The highest BCUT2D eigenvalue weighted by atomic mass is 14.9. The Morgan fingerprint density at radius 2 is 1.89 bits per heavy atom. The summed E-state index contributed by atoms with van der Waals surface area (Å²) < 4.78 is 0. The number of aromatic amines is 1. The molecule has 4 nitrogen and oxygen atoms in total. The minimum absolute atomic E-state index is 0.523. The van der Waals surface area contributed by atoms with E-state index in [1.165, 1.54) is 12.2 Å². The van der Waals surface area contributed by atoms with Crippen LogP contribution in [-0.2, 0) is 0 Å². The van der Waals surface area contributed by atoms with Gasteiger partial charge in [0.15, 0.2) is 0 Å². The van der Waals surface area contributed by atoms with Crippen molar-refractivity contribution in [3.8, 4) is 0 Å². The number of imidazole rings is 1. The molecule has 4 heteroatoms. The molecule has 0 amide bonds. The van der Waals surface area contributed by atoms with Gasteiger partial charge in [-0.2, -0.15) is 0 Å². The Hall–Kier alpha value is -2.10. The Kier molecular flexibility index (Phi) is 24.0. The molecule has 1 aromatic rings. The summed E-state index contributed by atoms with van der Waals surface area (Å²) in [4.78, 5) is 6.72. The molecule has 1 heterocycles. The summed E-state index contributed by atoms with van der Waals surface area (Å²) in [5.41, 5.74) is 5.70. The zero-order valence-electron chi connectivity index (χ0n) is 11.9. The van der Waals surface area contributed by atoms with Gasteiger partial charge in [-0.05, 0) is 18.2 Å². The maximum atomic E-state index is 6.51. The van der Waals surface area contributed by atoms with Gasteiger partial charge in [0.05, 0.1) is 0 Å². The van der Waals surface area contributed by atoms with Gasteiger partial charge in [0.25, 0.3) is 0 Å². The van der Waals surface area contributed by atoms with E-state index in [-0.39, 0.29) is 0 Å². The van der Waals surface area contributed by atoms with Gasteiger partial charge < -0.3 is 16.1 Å². The van der Waals surface area contributed by atoms with E-state index < -0.39 is 0 Å². The van der Waals surface area contributed by atoms with E-state index in [1.54, 1.807) is 18.5 Å². The average Bonchev–Trinajstić information content (AvgIpc) is 2.97. The third kappa shape index (κ3) is 16.3. The Morgan fingerprint density at radius 1 is 1.33 bits per heavy atom. The Balaban J connectivity index is -0.000000196. The molecule has 0 fully saturated rings. The second kappa shape index (κ2) is 20.3. The van der Waals surface area contributed by atoms with E-state index in [9.17, 15) is 0 Å². The molecule has 0 atom stereocenters. The molecule has 0 aliphatic carbocycles. The average molecular weight is 250 g/mol. The van der Waals surface area contributed by atoms with E-state index >= 15 is 0 Å². The number of hydrogen-bond donors (Lipinski definition) is 3. The van der Waals surface area contributed by atoms with Crippen molar-refractivity contribution in [1.82, 2.24) is 9.97 Å². The van der Waals surface area contributed by atoms with Crippen molar-refractivity contribution in [2.24, 2.45) is 5.73 Å². The molecule has 0 unspecified atom stereocenters. The lowest BCUT2D eigenvalue weighted by molar-refractivity contribution is 1.27. The van der Waals surface area contributed by atoms with Crippen LogP contribution in [0, 0.1) is 5.41 Å². The summed E-state index contributed by atoms with van der Waals surface area (Å²) >= 11 is 0. The zero-order chi connectivity index (χ0) is 14.8. The smallest absolute Gasteiger partial charge is 0.129 e. The monoisotopic (exact) mass is 250 g/mol. The van der Waals surface area contributed by atoms with Crippen molar-refractivity contribution in [2.45, 2.75) is 27.7 Å². The van der Waals surface area contributed by atoms with Crippen LogP contribution in [0.5, 0.6) is 0 Å². The number of hydrogen-bond acceptors (Lipinski definition) is 3. The minimum Gasteiger partial charge on any atom is -0.399 e. The quantitative estimate of drug-likeness (QED) is 0.564.